The Balaban J connectivity index is 2.30. The lowest BCUT2D eigenvalue weighted by Gasteiger charge is -2.03. The van der Waals surface area contributed by atoms with Crippen molar-refractivity contribution in [2.45, 2.75) is 9.79 Å². The number of rotatable bonds is 3. The fourth-order valence-electron chi connectivity index (χ4n) is 1.41. The lowest BCUT2D eigenvalue weighted by Crippen LogP contribution is -2.18. The lowest BCUT2D eigenvalue weighted by atomic mass is 10.3. The SMILES string of the molecule is COC(=O)c1cc(Sc2ccccc2)c[nH]c1=O. The van der Waals surface area contributed by atoms with Gasteiger partial charge in [-0.05, 0) is 18.2 Å². The summed E-state index contributed by atoms with van der Waals surface area (Å²) in [6.07, 6.45) is 1.58. The number of aromatic amines is 1. The summed E-state index contributed by atoms with van der Waals surface area (Å²) in [5.74, 6) is -0.633. The second kappa shape index (κ2) is 5.55. The molecule has 92 valence electrons. The molecule has 0 unspecified atom stereocenters. The maximum atomic E-state index is 11.5. The van der Waals surface area contributed by atoms with Gasteiger partial charge in [0.15, 0.2) is 0 Å². The summed E-state index contributed by atoms with van der Waals surface area (Å²) >= 11 is 1.46. The van der Waals surface area contributed by atoms with Gasteiger partial charge in [0.25, 0.3) is 5.56 Å². The van der Waals surface area contributed by atoms with Crippen LogP contribution < -0.4 is 5.56 Å². The van der Waals surface area contributed by atoms with Gasteiger partial charge in [-0.1, -0.05) is 30.0 Å². The van der Waals surface area contributed by atoms with Crippen LogP contribution in [0.5, 0.6) is 0 Å². The first-order valence-corrected chi connectivity index (χ1v) is 6.06. The van der Waals surface area contributed by atoms with E-state index in [2.05, 4.69) is 9.72 Å². The molecule has 0 amide bonds. The van der Waals surface area contributed by atoms with Crippen LogP contribution in [0.2, 0.25) is 0 Å². The Kier molecular flexibility index (Phi) is 3.84. The van der Waals surface area contributed by atoms with Gasteiger partial charge in [-0.3, -0.25) is 4.79 Å². The molecule has 0 aliphatic carbocycles. The maximum absolute atomic E-state index is 11.5. The Morgan fingerprint density at radius 3 is 2.61 bits per heavy atom. The van der Waals surface area contributed by atoms with Crippen LogP contribution in [0.1, 0.15) is 10.4 Å². The second-order valence-electron chi connectivity index (χ2n) is 3.48. The first-order valence-electron chi connectivity index (χ1n) is 5.24. The number of H-pyrrole nitrogens is 1. The molecular formula is C13H11NO3S. The number of carbonyl (C=O) groups is 1. The third-order valence-electron chi connectivity index (χ3n) is 2.26. The summed E-state index contributed by atoms with van der Waals surface area (Å²) in [6.45, 7) is 0. The second-order valence-corrected chi connectivity index (χ2v) is 4.63. The van der Waals surface area contributed by atoms with E-state index < -0.39 is 11.5 Å². The Hall–Kier alpha value is -2.01. The zero-order valence-electron chi connectivity index (χ0n) is 9.67. The molecule has 2 aromatic rings. The molecule has 4 nitrogen and oxygen atoms in total. The van der Waals surface area contributed by atoms with Crippen molar-refractivity contribution in [1.29, 1.82) is 0 Å². The summed E-state index contributed by atoms with van der Waals surface area (Å²) in [5.41, 5.74) is -0.433. The van der Waals surface area contributed by atoms with Gasteiger partial charge in [0.2, 0.25) is 0 Å². The standard InChI is InChI=1S/C13H11NO3S/c1-17-13(16)11-7-10(8-14-12(11)15)18-9-5-3-2-4-6-9/h2-8H,1H3,(H,14,15). The van der Waals surface area contributed by atoms with Crippen molar-refractivity contribution >= 4 is 17.7 Å². The number of carbonyl (C=O) groups excluding carboxylic acids is 1. The number of pyridine rings is 1. The highest BCUT2D eigenvalue weighted by Gasteiger charge is 2.11. The van der Waals surface area contributed by atoms with Gasteiger partial charge in [-0.15, -0.1) is 0 Å². The van der Waals surface area contributed by atoms with E-state index in [0.29, 0.717) is 0 Å². The van der Waals surface area contributed by atoms with Crippen LogP contribution in [0.25, 0.3) is 0 Å². The minimum Gasteiger partial charge on any atom is -0.465 e. The fraction of sp³-hybridized carbons (Fsp3) is 0.0769. The minimum absolute atomic E-state index is 0.0124. The monoisotopic (exact) mass is 261 g/mol. The van der Waals surface area contributed by atoms with Crippen LogP contribution in [0.3, 0.4) is 0 Å². The highest BCUT2D eigenvalue weighted by Crippen LogP contribution is 2.26. The van der Waals surface area contributed by atoms with Crippen molar-refractivity contribution in [1.82, 2.24) is 4.98 Å². The molecule has 0 saturated carbocycles. The molecule has 2 rings (SSSR count). The Morgan fingerprint density at radius 1 is 1.22 bits per heavy atom. The van der Waals surface area contributed by atoms with Gasteiger partial charge in [0.1, 0.15) is 5.56 Å². The van der Waals surface area contributed by atoms with Crippen molar-refractivity contribution in [3.63, 3.8) is 0 Å². The van der Waals surface area contributed by atoms with Crippen LogP contribution in [-0.4, -0.2) is 18.1 Å². The van der Waals surface area contributed by atoms with E-state index in [4.69, 9.17) is 0 Å². The summed E-state index contributed by atoms with van der Waals surface area (Å²) < 4.78 is 4.55. The van der Waals surface area contributed by atoms with Crippen LogP contribution in [0.4, 0.5) is 0 Å². The van der Waals surface area contributed by atoms with Gasteiger partial charge in [-0.2, -0.15) is 0 Å². The molecule has 0 aliphatic heterocycles. The van der Waals surface area contributed by atoms with Gasteiger partial charge >= 0.3 is 5.97 Å². The molecule has 0 bridgehead atoms. The molecule has 0 aliphatic rings. The Morgan fingerprint density at radius 2 is 1.94 bits per heavy atom. The molecule has 18 heavy (non-hydrogen) atoms. The van der Waals surface area contributed by atoms with E-state index in [-0.39, 0.29) is 5.56 Å². The van der Waals surface area contributed by atoms with Gasteiger partial charge in [0.05, 0.1) is 7.11 Å². The van der Waals surface area contributed by atoms with Crippen LogP contribution in [-0.2, 0) is 4.74 Å². The number of methoxy groups -OCH3 is 1. The fourth-order valence-corrected chi connectivity index (χ4v) is 2.27. The number of ether oxygens (including phenoxy) is 1. The predicted molar refractivity (Wildman–Crippen MR) is 69.0 cm³/mol. The Labute approximate surface area is 108 Å². The topological polar surface area (TPSA) is 59.2 Å². The zero-order valence-corrected chi connectivity index (χ0v) is 10.5. The molecule has 0 fully saturated rings. The van der Waals surface area contributed by atoms with Crippen LogP contribution in [0.15, 0.2) is 57.2 Å². The maximum Gasteiger partial charge on any atom is 0.343 e. The smallest absolute Gasteiger partial charge is 0.343 e. The van der Waals surface area contributed by atoms with E-state index in [1.165, 1.54) is 24.9 Å². The van der Waals surface area contributed by atoms with E-state index >= 15 is 0 Å². The number of nitrogens with one attached hydrogen (secondary N) is 1. The molecule has 0 radical (unpaired) electrons. The summed E-state index contributed by atoms with van der Waals surface area (Å²) in [6, 6.07) is 11.2. The molecule has 0 spiro atoms. The highest BCUT2D eigenvalue weighted by atomic mass is 32.2. The van der Waals surface area contributed by atoms with Crippen molar-refractivity contribution < 1.29 is 9.53 Å². The molecule has 0 atom stereocenters. The molecule has 1 aromatic heterocycles. The largest absolute Gasteiger partial charge is 0.465 e. The molecule has 0 saturated heterocycles. The van der Waals surface area contributed by atoms with Gasteiger partial charge in [0, 0.05) is 16.0 Å². The van der Waals surface area contributed by atoms with Crippen molar-refractivity contribution in [2.75, 3.05) is 7.11 Å². The van der Waals surface area contributed by atoms with Crippen molar-refractivity contribution in [3.05, 3.63) is 58.5 Å². The first kappa shape index (κ1) is 12.4. The average Bonchev–Trinajstić information content (AvgIpc) is 2.41. The molecule has 1 aromatic carbocycles. The number of hydrogen-bond acceptors (Lipinski definition) is 4. The molecular weight excluding hydrogens is 250 g/mol. The molecule has 1 heterocycles. The molecule has 1 N–H and O–H groups in total. The summed E-state index contributed by atoms with van der Waals surface area (Å²) in [7, 11) is 1.25. The molecule has 5 heteroatoms. The van der Waals surface area contributed by atoms with Crippen LogP contribution >= 0.6 is 11.8 Å². The van der Waals surface area contributed by atoms with Crippen molar-refractivity contribution in [3.8, 4) is 0 Å². The van der Waals surface area contributed by atoms with Gasteiger partial charge < -0.3 is 9.72 Å². The van der Waals surface area contributed by atoms with Crippen LogP contribution in [0, 0.1) is 0 Å². The third kappa shape index (κ3) is 2.81. The van der Waals surface area contributed by atoms with E-state index in [0.717, 1.165) is 9.79 Å². The predicted octanol–water partition coefficient (Wildman–Crippen LogP) is 2.31. The highest BCUT2D eigenvalue weighted by molar-refractivity contribution is 7.99. The number of esters is 1. The lowest BCUT2D eigenvalue weighted by molar-refractivity contribution is 0.0598. The number of aromatic nitrogens is 1. The van der Waals surface area contributed by atoms with Crippen molar-refractivity contribution in [2.24, 2.45) is 0 Å². The number of hydrogen-bond donors (Lipinski definition) is 1. The quantitative estimate of drug-likeness (QED) is 0.861. The summed E-state index contributed by atoms with van der Waals surface area (Å²) in [4.78, 5) is 27.2. The summed E-state index contributed by atoms with van der Waals surface area (Å²) in [5, 5.41) is 0. The van der Waals surface area contributed by atoms with E-state index in [1.54, 1.807) is 6.20 Å². The number of benzene rings is 1. The van der Waals surface area contributed by atoms with E-state index in [9.17, 15) is 9.59 Å². The average molecular weight is 261 g/mol. The third-order valence-corrected chi connectivity index (χ3v) is 3.24. The zero-order chi connectivity index (χ0) is 13.0. The van der Waals surface area contributed by atoms with Gasteiger partial charge in [-0.25, -0.2) is 4.79 Å². The normalized spacial score (nSPS) is 10.1. The first-order chi connectivity index (χ1) is 8.70. The minimum atomic E-state index is -0.633. The van der Waals surface area contributed by atoms with E-state index in [1.807, 2.05) is 30.3 Å². The Bertz CT molecular complexity index is 607.